The Kier molecular flexibility index (Phi) is 16.9. The summed E-state index contributed by atoms with van der Waals surface area (Å²) in [4.78, 5) is 0. The first kappa shape index (κ1) is 44.6. The summed E-state index contributed by atoms with van der Waals surface area (Å²) in [5.74, 6) is 4.15. The van der Waals surface area contributed by atoms with E-state index in [4.69, 9.17) is 28.4 Å². The standard InChI is InChI=1S/C36H45O6Si.3ClH.Ti/c1-20-14-27(37-8)30(40-11)17-33(20)43(36-25(6)23(4)24(5)26(36)7,34-18-31(41-12)28(38-9)15-21(34)2)35-19-32(42-13)29(39-10)16-22(35)3;;;;/h14-19H,1-13H3;3*1H;/q-1;;;;+4/p-3. The van der Waals surface area contributed by atoms with Gasteiger partial charge in [-0.15, -0.1) is 5.19 Å². The molecular formula is C36H45Cl3O6SiTi. The van der Waals surface area contributed by atoms with Crippen molar-refractivity contribution in [1.29, 1.82) is 0 Å². The normalized spacial score (nSPS) is 10.4. The smallest absolute Gasteiger partial charge is 1.00 e. The van der Waals surface area contributed by atoms with Crippen molar-refractivity contribution in [2.45, 2.75) is 48.5 Å². The maximum atomic E-state index is 5.96. The molecule has 0 aromatic heterocycles. The van der Waals surface area contributed by atoms with Crippen LogP contribution in [0.5, 0.6) is 34.5 Å². The molecule has 4 aromatic rings. The summed E-state index contributed by atoms with van der Waals surface area (Å²) in [7, 11) is 6.92. The van der Waals surface area contributed by atoms with Crippen molar-refractivity contribution in [3.8, 4) is 34.5 Å². The molecule has 6 nitrogen and oxygen atoms in total. The van der Waals surface area contributed by atoms with Crippen molar-refractivity contribution in [1.82, 2.24) is 0 Å². The van der Waals surface area contributed by atoms with Crippen molar-refractivity contribution in [2.75, 3.05) is 42.7 Å². The number of benzene rings is 3. The molecule has 0 saturated carbocycles. The molecular weight excluding hydrogens is 711 g/mol. The van der Waals surface area contributed by atoms with Gasteiger partial charge >= 0.3 is 21.7 Å². The zero-order valence-electron chi connectivity index (χ0n) is 29.5. The van der Waals surface area contributed by atoms with Crippen LogP contribution in [-0.4, -0.2) is 50.7 Å². The molecule has 0 unspecified atom stereocenters. The van der Waals surface area contributed by atoms with Gasteiger partial charge in [0.05, 0.1) is 42.7 Å². The SMILES string of the molecule is COc1cc(C)c([Si](c2cc(OC)c(OC)cc2C)(c2cc(OC)c(OC)cc2C)[c-]2c(C)c(C)c(C)c2C)cc1OC.[Cl-].[Cl-].[Cl-].[Ti+4]. The van der Waals surface area contributed by atoms with Gasteiger partial charge in [0.1, 0.15) is 8.07 Å². The van der Waals surface area contributed by atoms with Crippen LogP contribution in [-0.2, 0) is 21.7 Å². The maximum Gasteiger partial charge on any atom is 4.00 e. The maximum absolute atomic E-state index is 5.96. The third kappa shape index (κ3) is 7.31. The molecule has 0 amide bonds. The number of halogens is 3. The average molecular weight is 756 g/mol. The van der Waals surface area contributed by atoms with Gasteiger partial charge in [0, 0.05) is 0 Å². The largest absolute Gasteiger partial charge is 4.00 e. The van der Waals surface area contributed by atoms with Crippen LogP contribution in [0.4, 0.5) is 0 Å². The predicted octanol–water partition coefficient (Wildman–Crippen LogP) is -4.00. The molecule has 0 aliphatic rings. The molecule has 47 heavy (non-hydrogen) atoms. The van der Waals surface area contributed by atoms with Gasteiger partial charge in [-0.3, -0.25) is 0 Å². The molecule has 0 fully saturated rings. The van der Waals surface area contributed by atoms with Gasteiger partial charge in [-0.05, 0) is 89.4 Å². The zero-order valence-corrected chi connectivity index (χ0v) is 34.4. The number of rotatable bonds is 10. The second-order valence-corrected chi connectivity index (χ2v) is 14.8. The van der Waals surface area contributed by atoms with Gasteiger partial charge in [0.2, 0.25) is 0 Å². The summed E-state index contributed by atoms with van der Waals surface area (Å²) in [5.41, 5.74) is 8.53. The van der Waals surface area contributed by atoms with E-state index in [1.54, 1.807) is 42.7 Å². The Morgan fingerprint density at radius 3 is 0.830 bits per heavy atom. The Hall–Kier alpha value is -2.39. The molecule has 0 spiro atoms. The third-order valence-electron chi connectivity index (χ3n) is 9.22. The third-order valence-corrected chi connectivity index (χ3v) is 14.8. The number of hydrogen-bond acceptors (Lipinski definition) is 6. The fourth-order valence-corrected chi connectivity index (χ4v) is 13.0. The number of ether oxygens (including phenoxy) is 6. The molecule has 0 N–H and O–H groups in total. The Morgan fingerprint density at radius 1 is 0.404 bits per heavy atom. The molecule has 0 aliphatic heterocycles. The summed E-state index contributed by atoms with van der Waals surface area (Å²) >= 11 is 0. The van der Waals surface area contributed by atoms with Gasteiger partial charge < -0.3 is 65.6 Å². The summed E-state index contributed by atoms with van der Waals surface area (Å²) < 4.78 is 35.2. The number of hydrogen-bond donors (Lipinski definition) is 0. The quantitative estimate of drug-likeness (QED) is 0.0937. The predicted molar refractivity (Wildman–Crippen MR) is 178 cm³/mol. The van der Waals surface area contributed by atoms with Crippen molar-refractivity contribution < 1.29 is 87.4 Å². The minimum atomic E-state index is -3.19. The molecule has 0 saturated heterocycles. The van der Waals surface area contributed by atoms with E-state index in [0.717, 1.165) is 16.7 Å². The van der Waals surface area contributed by atoms with Gasteiger partial charge in [-0.2, -0.15) is 22.3 Å². The van der Waals surface area contributed by atoms with Gasteiger partial charge in [0.15, 0.2) is 34.5 Å². The first-order chi connectivity index (χ1) is 20.5. The Labute approximate surface area is 315 Å². The van der Waals surface area contributed by atoms with Crippen LogP contribution in [0.25, 0.3) is 0 Å². The molecule has 0 atom stereocenters. The molecule has 11 heteroatoms. The number of aryl methyl sites for hydroxylation is 3. The summed E-state index contributed by atoms with van der Waals surface area (Å²) in [6, 6.07) is 12.8. The van der Waals surface area contributed by atoms with E-state index < -0.39 is 8.07 Å². The first-order valence-electron chi connectivity index (χ1n) is 14.4. The van der Waals surface area contributed by atoms with Gasteiger partial charge in [-0.1, -0.05) is 27.7 Å². The summed E-state index contributed by atoms with van der Waals surface area (Å²) in [5, 5.41) is 4.95. The van der Waals surface area contributed by atoms with Crippen LogP contribution in [0.3, 0.4) is 0 Å². The molecule has 254 valence electrons. The van der Waals surface area contributed by atoms with E-state index in [1.807, 2.05) is 0 Å². The van der Waals surface area contributed by atoms with Crippen LogP contribution < -0.4 is 86.4 Å². The monoisotopic (exact) mass is 754 g/mol. The fourth-order valence-electron chi connectivity index (χ4n) is 6.77. The van der Waals surface area contributed by atoms with Gasteiger partial charge in [-0.25, -0.2) is 0 Å². The molecule has 0 bridgehead atoms. The molecule has 0 heterocycles. The summed E-state index contributed by atoms with van der Waals surface area (Å²) in [6.45, 7) is 15.5. The van der Waals surface area contributed by atoms with Crippen LogP contribution in [0.2, 0.25) is 0 Å². The van der Waals surface area contributed by atoms with Crippen molar-refractivity contribution in [2.24, 2.45) is 0 Å². The molecule has 4 rings (SSSR count). The van der Waals surface area contributed by atoms with Crippen LogP contribution in [0, 0.1) is 48.5 Å². The van der Waals surface area contributed by atoms with Crippen molar-refractivity contribution in [3.05, 3.63) is 75.3 Å². The summed E-state index contributed by atoms with van der Waals surface area (Å²) in [6.07, 6.45) is 0. The molecule has 0 radical (unpaired) electrons. The van der Waals surface area contributed by atoms with Crippen molar-refractivity contribution in [3.63, 3.8) is 0 Å². The second kappa shape index (κ2) is 17.8. The van der Waals surface area contributed by atoms with E-state index >= 15 is 0 Å². The number of methoxy groups -OCH3 is 6. The van der Waals surface area contributed by atoms with E-state index in [1.165, 1.54) is 43.0 Å². The molecule has 0 aliphatic carbocycles. The molecule has 4 aromatic carbocycles. The fraction of sp³-hybridized carbons (Fsp3) is 0.361. The topological polar surface area (TPSA) is 55.4 Å². The van der Waals surface area contributed by atoms with E-state index in [-0.39, 0.29) is 58.9 Å². The van der Waals surface area contributed by atoms with E-state index in [2.05, 4.69) is 84.9 Å². The Bertz CT molecular complexity index is 1510. The van der Waals surface area contributed by atoms with Crippen LogP contribution in [0.15, 0.2) is 36.4 Å². The van der Waals surface area contributed by atoms with Gasteiger partial charge in [0.25, 0.3) is 0 Å². The Balaban J connectivity index is 0.00000529. The van der Waals surface area contributed by atoms with E-state index in [0.29, 0.717) is 34.5 Å². The van der Waals surface area contributed by atoms with Crippen LogP contribution in [0.1, 0.15) is 38.9 Å². The first-order valence-corrected chi connectivity index (χ1v) is 16.4. The van der Waals surface area contributed by atoms with Crippen LogP contribution >= 0.6 is 0 Å². The Morgan fingerprint density at radius 2 is 0.617 bits per heavy atom. The average Bonchev–Trinajstić information content (AvgIpc) is 3.20. The second-order valence-electron chi connectivity index (χ2n) is 11.2. The van der Waals surface area contributed by atoms with E-state index in [9.17, 15) is 0 Å². The van der Waals surface area contributed by atoms with Crippen molar-refractivity contribution >= 4 is 28.8 Å². The minimum Gasteiger partial charge on any atom is -1.00 e. The zero-order chi connectivity index (χ0) is 31.8. The minimum absolute atomic E-state index is 0.